The third-order valence-corrected chi connectivity index (χ3v) is 8.90. The van der Waals surface area contributed by atoms with Crippen LogP contribution in [0.3, 0.4) is 0 Å². The van der Waals surface area contributed by atoms with Gasteiger partial charge in [-0.25, -0.2) is 19.7 Å². The van der Waals surface area contributed by atoms with Gasteiger partial charge in [-0.2, -0.15) is 8.42 Å². The summed E-state index contributed by atoms with van der Waals surface area (Å²) in [5.74, 6) is 0.147. The normalized spacial score (nSPS) is 15.0. The molecule has 1 aliphatic carbocycles. The minimum absolute atomic E-state index is 0.107. The van der Waals surface area contributed by atoms with Crippen LogP contribution in [0, 0.1) is 5.92 Å². The van der Waals surface area contributed by atoms with Gasteiger partial charge in [-0.15, -0.1) is 0 Å². The predicted octanol–water partition coefficient (Wildman–Crippen LogP) is 5.09. The highest BCUT2D eigenvalue weighted by Gasteiger charge is 2.37. The van der Waals surface area contributed by atoms with Gasteiger partial charge in [-0.1, -0.05) is 49.4 Å². The molecule has 2 unspecified atom stereocenters. The Morgan fingerprint density at radius 2 is 1.83 bits per heavy atom. The van der Waals surface area contributed by atoms with Crippen molar-refractivity contribution < 1.29 is 17.9 Å². The Bertz CT molecular complexity index is 1870. The Kier molecular flexibility index (Phi) is 7.04. The fraction of sp³-hybridized carbons (Fsp3) is 0.267. The summed E-state index contributed by atoms with van der Waals surface area (Å²) in [5, 5.41) is 10.9. The first-order valence-corrected chi connectivity index (χ1v) is 15.0. The molecule has 0 bridgehead atoms. The standard InChI is InChI=1S/C30H29N5O5S/c1-2-18(19-7-4-3-5-8-19)14-23-15-24(36)26(30(37)40-23)25(20-11-12-20)21-9-6-10-22(13-21)35-41(38,39)29-27-28(32-16-31-27)33-17-34-29/h3-10,13,15-18,20,25,35-36H,2,11-12,14H2,1H3,(H,31,32,33,34). The first-order chi connectivity index (χ1) is 19.8. The van der Waals surface area contributed by atoms with Crippen molar-refractivity contribution in [3.8, 4) is 5.75 Å². The van der Waals surface area contributed by atoms with Gasteiger partial charge >= 0.3 is 5.63 Å². The highest BCUT2D eigenvalue weighted by atomic mass is 32.2. The third-order valence-electron chi connectivity index (χ3n) is 7.57. The van der Waals surface area contributed by atoms with Gasteiger partial charge in [0, 0.05) is 24.1 Å². The molecule has 1 aliphatic rings. The zero-order chi connectivity index (χ0) is 28.6. The molecular formula is C30H29N5O5S. The van der Waals surface area contributed by atoms with Crippen molar-refractivity contribution >= 4 is 26.9 Å². The summed E-state index contributed by atoms with van der Waals surface area (Å²) in [6, 6.07) is 18.4. The molecule has 1 saturated carbocycles. The first kappa shape index (κ1) is 26.7. The number of nitrogens with zero attached hydrogens (tertiary/aromatic N) is 3. The van der Waals surface area contributed by atoms with Crippen LogP contribution in [0.15, 0.2) is 87.6 Å². The molecule has 11 heteroatoms. The van der Waals surface area contributed by atoms with E-state index in [2.05, 4.69) is 31.6 Å². The zero-order valence-electron chi connectivity index (χ0n) is 22.3. The van der Waals surface area contributed by atoms with Crippen molar-refractivity contribution in [2.75, 3.05) is 4.72 Å². The van der Waals surface area contributed by atoms with Crippen molar-refractivity contribution in [3.05, 3.63) is 106 Å². The van der Waals surface area contributed by atoms with Crippen LogP contribution in [0.1, 0.15) is 60.5 Å². The SMILES string of the molecule is CCC(Cc1cc(O)c(C(c2cccc(NS(=O)(=O)c3ncnc4nc[nH]c34)c2)C2CC2)c(=O)o1)c1ccccc1. The van der Waals surface area contributed by atoms with E-state index in [0.29, 0.717) is 23.4 Å². The molecule has 2 aromatic carbocycles. The van der Waals surface area contributed by atoms with E-state index in [-0.39, 0.29) is 39.3 Å². The van der Waals surface area contributed by atoms with Crippen molar-refractivity contribution in [2.24, 2.45) is 5.92 Å². The van der Waals surface area contributed by atoms with Gasteiger partial charge in [0.2, 0.25) is 5.03 Å². The molecule has 5 aromatic rings. The second-order valence-electron chi connectivity index (χ2n) is 10.3. The number of H-pyrrole nitrogens is 1. The molecule has 0 aliphatic heterocycles. The molecule has 2 atom stereocenters. The Morgan fingerprint density at radius 3 is 2.56 bits per heavy atom. The lowest BCUT2D eigenvalue weighted by Gasteiger charge is -2.20. The van der Waals surface area contributed by atoms with E-state index in [9.17, 15) is 18.3 Å². The average Bonchev–Trinajstić information content (AvgIpc) is 3.68. The fourth-order valence-corrected chi connectivity index (χ4v) is 6.58. The summed E-state index contributed by atoms with van der Waals surface area (Å²) in [4.78, 5) is 28.0. The molecule has 0 saturated heterocycles. The van der Waals surface area contributed by atoms with E-state index >= 15 is 0 Å². The number of hydrogen-bond acceptors (Lipinski definition) is 8. The predicted molar refractivity (Wildman–Crippen MR) is 153 cm³/mol. The number of sulfonamides is 1. The maximum Gasteiger partial charge on any atom is 0.343 e. The number of aromatic nitrogens is 4. The van der Waals surface area contributed by atoms with Gasteiger partial charge in [-0.05, 0) is 54.4 Å². The second kappa shape index (κ2) is 10.8. The van der Waals surface area contributed by atoms with Crippen LogP contribution in [-0.4, -0.2) is 33.5 Å². The number of benzene rings is 2. The molecule has 0 amide bonds. The van der Waals surface area contributed by atoms with Crippen LogP contribution in [0.5, 0.6) is 5.75 Å². The summed E-state index contributed by atoms with van der Waals surface area (Å²) < 4.78 is 34.8. The molecule has 0 spiro atoms. The van der Waals surface area contributed by atoms with Gasteiger partial charge in [0.15, 0.2) is 5.65 Å². The van der Waals surface area contributed by atoms with Gasteiger partial charge in [-0.3, -0.25) is 4.72 Å². The van der Waals surface area contributed by atoms with Crippen LogP contribution in [0.25, 0.3) is 11.2 Å². The monoisotopic (exact) mass is 571 g/mol. The largest absolute Gasteiger partial charge is 0.507 e. The van der Waals surface area contributed by atoms with Gasteiger partial charge < -0.3 is 14.5 Å². The summed E-state index contributed by atoms with van der Waals surface area (Å²) in [7, 11) is -4.08. The molecule has 3 N–H and O–H groups in total. The minimum atomic E-state index is -4.08. The van der Waals surface area contributed by atoms with E-state index in [0.717, 1.165) is 31.2 Å². The Labute approximate surface area is 236 Å². The summed E-state index contributed by atoms with van der Waals surface area (Å²) in [5.41, 5.74) is 2.20. The van der Waals surface area contributed by atoms with E-state index in [1.165, 1.54) is 6.33 Å². The highest BCUT2D eigenvalue weighted by Crippen LogP contribution is 2.48. The lowest BCUT2D eigenvalue weighted by Crippen LogP contribution is -2.18. The topological polar surface area (TPSA) is 151 Å². The lowest BCUT2D eigenvalue weighted by molar-refractivity contribution is 0.395. The van der Waals surface area contributed by atoms with Crippen LogP contribution >= 0.6 is 0 Å². The van der Waals surface area contributed by atoms with Gasteiger partial charge in [0.05, 0.1) is 11.9 Å². The zero-order valence-corrected chi connectivity index (χ0v) is 23.1. The van der Waals surface area contributed by atoms with Gasteiger partial charge in [0.25, 0.3) is 10.0 Å². The molecule has 3 aromatic heterocycles. The highest BCUT2D eigenvalue weighted by molar-refractivity contribution is 7.92. The molecule has 3 heterocycles. The molecule has 6 rings (SSSR count). The number of hydrogen-bond donors (Lipinski definition) is 3. The molecule has 210 valence electrons. The quantitative estimate of drug-likeness (QED) is 0.196. The van der Waals surface area contributed by atoms with Crippen molar-refractivity contribution in [1.29, 1.82) is 0 Å². The van der Waals surface area contributed by atoms with Gasteiger partial charge in [0.1, 0.15) is 23.4 Å². The number of fused-ring (bicyclic) bond motifs is 1. The van der Waals surface area contributed by atoms with Crippen LogP contribution in [0.2, 0.25) is 0 Å². The van der Waals surface area contributed by atoms with Crippen LogP contribution < -0.4 is 10.3 Å². The molecule has 41 heavy (non-hydrogen) atoms. The Morgan fingerprint density at radius 1 is 1.05 bits per heavy atom. The number of rotatable bonds is 10. The number of nitrogens with one attached hydrogen (secondary N) is 2. The number of anilines is 1. The van der Waals surface area contributed by atoms with Crippen molar-refractivity contribution in [1.82, 2.24) is 19.9 Å². The second-order valence-corrected chi connectivity index (χ2v) is 11.9. The molecule has 0 radical (unpaired) electrons. The van der Waals surface area contributed by atoms with Crippen LogP contribution in [-0.2, 0) is 16.4 Å². The number of aromatic amines is 1. The lowest BCUT2D eigenvalue weighted by atomic mass is 9.86. The minimum Gasteiger partial charge on any atom is -0.507 e. The van der Waals surface area contributed by atoms with Crippen molar-refractivity contribution in [2.45, 2.75) is 49.5 Å². The smallest absolute Gasteiger partial charge is 0.343 e. The average molecular weight is 572 g/mol. The summed E-state index contributed by atoms with van der Waals surface area (Å²) in [6.07, 6.45) is 5.60. The van der Waals surface area contributed by atoms with E-state index in [1.54, 1.807) is 24.3 Å². The number of aromatic hydroxyl groups is 1. The molecular weight excluding hydrogens is 542 g/mol. The number of imidazole rings is 1. The van der Waals surface area contributed by atoms with E-state index in [4.69, 9.17) is 4.42 Å². The third kappa shape index (κ3) is 5.45. The summed E-state index contributed by atoms with van der Waals surface area (Å²) >= 11 is 0. The first-order valence-electron chi connectivity index (χ1n) is 13.5. The van der Waals surface area contributed by atoms with E-state index in [1.807, 2.05) is 36.4 Å². The molecule has 10 nitrogen and oxygen atoms in total. The summed E-state index contributed by atoms with van der Waals surface area (Å²) in [6.45, 7) is 2.08. The maximum absolute atomic E-state index is 13.4. The van der Waals surface area contributed by atoms with Crippen LogP contribution in [0.4, 0.5) is 5.69 Å². The molecule has 1 fully saturated rings. The fourth-order valence-electron chi connectivity index (χ4n) is 5.44. The Balaban J connectivity index is 1.30. The van der Waals surface area contributed by atoms with E-state index < -0.39 is 21.6 Å². The van der Waals surface area contributed by atoms with Crippen molar-refractivity contribution in [3.63, 3.8) is 0 Å². The maximum atomic E-state index is 13.4. The Hall–Kier alpha value is -4.51.